The molecule has 32 heavy (non-hydrogen) atoms. The molecule has 0 aromatic carbocycles. The highest BCUT2D eigenvalue weighted by atomic mass is 16.2. The lowest BCUT2D eigenvalue weighted by Crippen LogP contribution is -2.42. The number of amides is 1. The van der Waals surface area contributed by atoms with Crippen molar-refractivity contribution >= 4 is 17.4 Å². The molecule has 0 radical (unpaired) electrons. The second kappa shape index (κ2) is 10.3. The van der Waals surface area contributed by atoms with Gasteiger partial charge in [0.25, 0.3) is 0 Å². The zero-order valence-corrected chi connectivity index (χ0v) is 18.7. The standard InChI is InChI=1S/C25H30N6O/c1-18-7-5-11-27-25(18)30-22-13-19(2)29-23(14-22)20-8-6-12-31(16-20)17-24(32)28-15-21-9-3-4-10-26-21/h3-5,7,9-11,13-14,20H,6,8,12,15-17H2,1-2H3,(H,28,32)(H,27,29,30). The number of carbonyl (C=O) groups excluding carboxylic acids is 1. The molecule has 4 heterocycles. The molecular weight excluding hydrogens is 400 g/mol. The largest absolute Gasteiger partial charge is 0.349 e. The van der Waals surface area contributed by atoms with E-state index in [-0.39, 0.29) is 5.91 Å². The first-order chi connectivity index (χ1) is 15.6. The molecule has 7 heteroatoms. The zero-order chi connectivity index (χ0) is 22.3. The van der Waals surface area contributed by atoms with Crippen molar-refractivity contribution in [2.24, 2.45) is 0 Å². The fourth-order valence-electron chi connectivity index (χ4n) is 4.12. The number of hydrogen-bond acceptors (Lipinski definition) is 6. The van der Waals surface area contributed by atoms with Crippen LogP contribution in [0.3, 0.4) is 0 Å². The highest BCUT2D eigenvalue weighted by Crippen LogP contribution is 2.28. The second-order valence-corrected chi connectivity index (χ2v) is 8.39. The molecule has 4 rings (SSSR count). The van der Waals surface area contributed by atoms with E-state index >= 15 is 0 Å². The molecule has 3 aromatic heterocycles. The molecule has 3 aromatic rings. The topological polar surface area (TPSA) is 83.0 Å². The van der Waals surface area contributed by atoms with E-state index in [9.17, 15) is 4.79 Å². The summed E-state index contributed by atoms with van der Waals surface area (Å²) in [6.45, 7) is 6.67. The second-order valence-electron chi connectivity index (χ2n) is 8.39. The maximum atomic E-state index is 12.5. The fourth-order valence-corrected chi connectivity index (χ4v) is 4.12. The lowest BCUT2D eigenvalue weighted by atomic mass is 9.93. The van der Waals surface area contributed by atoms with Gasteiger partial charge in [-0.05, 0) is 69.1 Å². The van der Waals surface area contributed by atoms with E-state index in [1.807, 2.05) is 50.2 Å². The summed E-state index contributed by atoms with van der Waals surface area (Å²) < 4.78 is 0. The van der Waals surface area contributed by atoms with Crippen LogP contribution in [0.25, 0.3) is 0 Å². The number of nitrogens with zero attached hydrogens (tertiary/aromatic N) is 4. The van der Waals surface area contributed by atoms with Crippen LogP contribution in [0.2, 0.25) is 0 Å². The van der Waals surface area contributed by atoms with Gasteiger partial charge >= 0.3 is 0 Å². The van der Waals surface area contributed by atoms with Gasteiger partial charge in [0.05, 0.1) is 18.8 Å². The van der Waals surface area contributed by atoms with Crippen LogP contribution in [0.5, 0.6) is 0 Å². The molecule has 1 fully saturated rings. The Kier molecular flexibility index (Phi) is 7.07. The predicted molar refractivity (Wildman–Crippen MR) is 126 cm³/mol. The van der Waals surface area contributed by atoms with Crippen LogP contribution < -0.4 is 10.6 Å². The molecule has 1 aliphatic rings. The summed E-state index contributed by atoms with van der Waals surface area (Å²) in [5.74, 6) is 1.19. The van der Waals surface area contributed by atoms with Crippen LogP contribution in [0.1, 0.15) is 41.4 Å². The number of likely N-dealkylation sites (tertiary alicyclic amines) is 1. The van der Waals surface area contributed by atoms with Crippen molar-refractivity contribution in [1.29, 1.82) is 0 Å². The summed E-state index contributed by atoms with van der Waals surface area (Å²) >= 11 is 0. The Balaban J connectivity index is 1.38. The van der Waals surface area contributed by atoms with E-state index in [1.165, 1.54) is 0 Å². The molecular formula is C25H30N6O. The van der Waals surface area contributed by atoms with Crippen LogP contribution in [0.4, 0.5) is 11.5 Å². The molecule has 1 aliphatic heterocycles. The van der Waals surface area contributed by atoms with Crippen LogP contribution in [-0.4, -0.2) is 45.4 Å². The van der Waals surface area contributed by atoms with Gasteiger partial charge in [0.15, 0.2) is 0 Å². The fraction of sp³-hybridized carbons (Fsp3) is 0.360. The number of pyridine rings is 3. The molecule has 2 N–H and O–H groups in total. The van der Waals surface area contributed by atoms with Gasteiger partial charge < -0.3 is 10.6 Å². The average Bonchev–Trinajstić information content (AvgIpc) is 2.80. The Labute approximate surface area is 189 Å². The van der Waals surface area contributed by atoms with Crippen LogP contribution in [-0.2, 0) is 11.3 Å². The van der Waals surface area contributed by atoms with Gasteiger partial charge in [0.1, 0.15) is 5.82 Å². The average molecular weight is 431 g/mol. The lowest BCUT2D eigenvalue weighted by Gasteiger charge is -2.32. The number of nitrogens with one attached hydrogen (secondary N) is 2. The predicted octanol–water partition coefficient (Wildman–Crippen LogP) is 3.73. The minimum atomic E-state index is 0.0292. The van der Waals surface area contributed by atoms with E-state index in [0.29, 0.717) is 19.0 Å². The van der Waals surface area contributed by atoms with Gasteiger partial charge in [-0.2, -0.15) is 0 Å². The molecule has 0 bridgehead atoms. The number of rotatable bonds is 7. The first-order valence-electron chi connectivity index (χ1n) is 11.1. The van der Waals surface area contributed by atoms with Crippen molar-refractivity contribution in [2.75, 3.05) is 25.0 Å². The number of aromatic nitrogens is 3. The Morgan fingerprint density at radius 2 is 2.00 bits per heavy atom. The third kappa shape index (κ3) is 5.88. The first kappa shape index (κ1) is 21.9. The van der Waals surface area contributed by atoms with Crippen LogP contribution in [0.15, 0.2) is 54.9 Å². The van der Waals surface area contributed by atoms with Gasteiger partial charge in [-0.3, -0.25) is 19.7 Å². The zero-order valence-electron chi connectivity index (χ0n) is 18.7. The number of carbonyl (C=O) groups is 1. The van der Waals surface area contributed by atoms with Crippen molar-refractivity contribution in [2.45, 2.75) is 39.2 Å². The Morgan fingerprint density at radius 3 is 2.81 bits per heavy atom. The number of aryl methyl sites for hydroxylation is 2. The van der Waals surface area contributed by atoms with Gasteiger partial charge in [-0.1, -0.05) is 12.1 Å². The summed E-state index contributed by atoms with van der Waals surface area (Å²) in [4.78, 5) is 28.2. The maximum absolute atomic E-state index is 12.5. The van der Waals surface area contributed by atoms with Gasteiger partial charge in [-0.15, -0.1) is 0 Å². The first-order valence-corrected chi connectivity index (χ1v) is 11.1. The van der Waals surface area contributed by atoms with E-state index in [0.717, 1.165) is 60.1 Å². The minimum absolute atomic E-state index is 0.0292. The number of hydrogen-bond donors (Lipinski definition) is 2. The van der Waals surface area contributed by atoms with E-state index in [2.05, 4.69) is 31.6 Å². The van der Waals surface area contributed by atoms with Gasteiger partial charge in [0.2, 0.25) is 5.91 Å². The summed E-state index contributed by atoms with van der Waals surface area (Å²) in [6, 6.07) is 13.9. The number of piperidine rings is 1. The van der Waals surface area contributed by atoms with E-state index in [4.69, 9.17) is 4.98 Å². The summed E-state index contributed by atoms with van der Waals surface area (Å²) in [5, 5.41) is 6.41. The van der Waals surface area contributed by atoms with E-state index in [1.54, 1.807) is 12.4 Å². The molecule has 0 spiro atoms. The van der Waals surface area contributed by atoms with Crippen molar-refractivity contribution in [3.05, 3.63) is 77.5 Å². The molecule has 1 atom stereocenters. The third-order valence-corrected chi connectivity index (χ3v) is 5.73. The van der Waals surface area contributed by atoms with Crippen molar-refractivity contribution in [3.8, 4) is 0 Å². The molecule has 1 saturated heterocycles. The molecule has 0 saturated carbocycles. The van der Waals surface area contributed by atoms with Crippen LogP contribution >= 0.6 is 0 Å². The van der Waals surface area contributed by atoms with Gasteiger partial charge in [0, 0.05) is 41.9 Å². The minimum Gasteiger partial charge on any atom is -0.349 e. The van der Waals surface area contributed by atoms with Crippen LogP contribution in [0, 0.1) is 13.8 Å². The summed E-state index contributed by atoms with van der Waals surface area (Å²) in [5.41, 5.74) is 5.01. The normalized spacial score (nSPS) is 16.5. The Hall–Kier alpha value is -3.32. The Bertz CT molecular complexity index is 1060. The Morgan fingerprint density at radius 1 is 1.12 bits per heavy atom. The quantitative estimate of drug-likeness (QED) is 0.594. The smallest absolute Gasteiger partial charge is 0.234 e. The van der Waals surface area contributed by atoms with Gasteiger partial charge in [-0.25, -0.2) is 4.98 Å². The summed E-state index contributed by atoms with van der Waals surface area (Å²) in [6.07, 6.45) is 5.66. The summed E-state index contributed by atoms with van der Waals surface area (Å²) in [7, 11) is 0. The number of anilines is 2. The monoisotopic (exact) mass is 430 g/mol. The van der Waals surface area contributed by atoms with Crippen molar-refractivity contribution < 1.29 is 4.79 Å². The van der Waals surface area contributed by atoms with Crippen molar-refractivity contribution in [3.63, 3.8) is 0 Å². The molecule has 1 amide bonds. The molecule has 1 unspecified atom stereocenters. The third-order valence-electron chi connectivity index (χ3n) is 5.73. The van der Waals surface area contributed by atoms with Crippen molar-refractivity contribution in [1.82, 2.24) is 25.2 Å². The van der Waals surface area contributed by atoms with E-state index < -0.39 is 0 Å². The molecule has 7 nitrogen and oxygen atoms in total. The highest BCUT2D eigenvalue weighted by molar-refractivity contribution is 5.78. The highest BCUT2D eigenvalue weighted by Gasteiger charge is 2.24. The molecule has 0 aliphatic carbocycles. The maximum Gasteiger partial charge on any atom is 0.234 e. The molecule has 166 valence electrons. The SMILES string of the molecule is Cc1cc(Nc2ncccc2C)cc(C2CCCN(CC(=O)NCc3ccccn3)C2)n1. The lowest BCUT2D eigenvalue weighted by molar-refractivity contribution is -0.122.